The number of pyridine rings is 1. The number of benzene rings is 2. The molecular weight excluding hydrogens is 465 g/mol. The molecule has 0 bridgehead atoms. The molecule has 1 aromatic heterocycles. The normalized spacial score (nSPS) is 11.5. The summed E-state index contributed by atoms with van der Waals surface area (Å²) in [5, 5.41) is 5.39. The Kier molecular flexibility index (Phi) is 10.5. The van der Waals surface area contributed by atoms with Gasteiger partial charge in [-0.15, -0.1) is 0 Å². The van der Waals surface area contributed by atoms with Crippen molar-refractivity contribution in [3.8, 4) is 5.69 Å². The second-order valence-electron chi connectivity index (χ2n) is 6.90. The van der Waals surface area contributed by atoms with E-state index in [4.69, 9.17) is 11.6 Å². The van der Waals surface area contributed by atoms with Crippen LogP contribution in [0.5, 0.6) is 0 Å². The van der Waals surface area contributed by atoms with Crippen LogP contribution in [0.1, 0.15) is 12.8 Å². The fourth-order valence-corrected chi connectivity index (χ4v) is 2.70. The molecule has 0 unspecified atom stereocenters. The fraction of sp³-hybridized carbons (Fsp3) is 0.167. The Morgan fingerprint density at radius 2 is 1.74 bits per heavy atom. The first-order valence-electron chi connectivity index (χ1n) is 10.1. The van der Waals surface area contributed by atoms with Gasteiger partial charge in [0.25, 0.3) is 5.56 Å². The summed E-state index contributed by atoms with van der Waals surface area (Å²) in [6.07, 6.45) is 4.64. The van der Waals surface area contributed by atoms with Gasteiger partial charge in [-0.05, 0) is 55.3 Å². The number of amides is 2. The third-order valence-electron chi connectivity index (χ3n) is 4.45. The van der Waals surface area contributed by atoms with Crippen LogP contribution in [0, 0.1) is 11.7 Å². The van der Waals surface area contributed by atoms with Crippen LogP contribution in [-0.2, 0) is 19.1 Å². The van der Waals surface area contributed by atoms with Crippen molar-refractivity contribution in [1.29, 1.82) is 0 Å². The van der Waals surface area contributed by atoms with E-state index in [1.807, 2.05) is 0 Å². The number of rotatable bonds is 6. The lowest BCUT2D eigenvalue weighted by Crippen LogP contribution is -2.15. The summed E-state index contributed by atoms with van der Waals surface area (Å²) in [7, 11) is 1.43. The standard InChI is InChI=1S/C12H9FN2O2.C7H6ClNO.C5H8O2/c13-10-7-9(4-5-11(10)14-8-16)15-6-2-1-3-12(15)17;8-6-1-3-7(4-2-6)9-5-10;1-7-5(6)4-2-3-4/h1-8H,(H,14,16);1-5H,(H,9,10);4H,2-3H2,1H3. The van der Waals surface area contributed by atoms with Gasteiger partial charge < -0.3 is 15.4 Å². The molecule has 2 amide bonds. The lowest BCUT2D eigenvalue weighted by Gasteiger charge is -2.07. The van der Waals surface area contributed by atoms with Gasteiger partial charge in [-0.1, -0.05) is 17.7 Å². The molecule has 1 saturated carbocycles. The van der Waals surface area contributed by atoms with Crippen LogP contribution in [0.3, 0.4) is 0 Å². The summed E-state index contributed by atoms with van der Waals surface area (Å²) in [4.78, 5) is 42.0. The average molecular weight is 488 g/mol. The minimum absolute atomic E-state index is 0.0417. The first-order chi connectivity index (χ1) is 16.4. The number of esters is 1. The molecule has 3 aromatic rings. The molecular formula is C24H23ClFN3O5. The highest BCUT2D eigenvalue weighted by molar-refractivity contribution is 6.30. The minimum atomic E-state index is -0.592. The van der Waals surface area contributed by atoms with Crippen molar-refractivity contribution in [3.63, 3.8) is 0 Å². The van der Waals surface area contributed by atoms with E-state index in [9.17, 15) is 23.6 Å². The van der Waals surface area contributed by atoms with E-state index < -0.39 is 5.82 Å². The van der Waals surface area contributed by atoms with E-state index in [0.717, 1.165) is 18.5 Å². The lowest BCUT2D eigenvalue weighted by molar-refractivity contribution is -0.142. The summed E-state index contributed by atoms with van der Waals surface area (Å²) < 4.78 is 19.3. The molecule has 178 valence electrons. The molecule has 0 saturated heterocycles. The molecule has 2 aromatic carbocycles. The van der Waals surface area contributed by atoms with E-state index in [1.54, 1.807) is 48.7 Å². The van der Waals surface area contributed by atoms with Crippen LogP contribution in [0.15, 0.2) is 71.7 Å². The van der Waals surface area contributed by atoms with Crippen molar-refractivity contribution in [2.75, 3.05) is 17.7 Å². The Balaban J connectivity index is 0.000000202. The largest absolute Gasteiger partial charge is 0.469 e. The van der Waals surface area contributed by atoms with Crippen LogP contribution in [-0.4, -0.2) is 30.5 Å². The molecule has 0 atom stereocenters. The number of ether oxygens (including phenoxy) is 1. The van der Waals surface area contributed by atoms with Gasteiger partial charge in [0.05, 0.1) is 24.4 Å². The highest BCUT2D eigenvalue weighted by Gasteiger charge is 2.30. The monoisotopic (exact) mass is 487 g/mol. The highest BCUT2D eigenvalue weighted by atomic mass is 35.5. The molecule has 8 nitrogen and oxygen atoms in total. The zero-order valence-corrected chi connectivity index (χ0v) is 19.0. The molecule has 0 radical (unpaired) electrons. The number of anilines is 2. The zero-order chi connectivity index (χ0) is 24.9. The third-order valence-corrected chi connectivity index (χ3v) is 4.70. The molecule has 0 aliphatic heterocycles. The summed E-state index contributed by atoms with van der Waals surface area (Å²) in [6.45, 7) is 0. The van der Waals surface area contributed by atoms with Crippen molar-refractivity contribution < 1.29 is 23.5 Å². The second-order valence-corrected chi connectivity index (χ2v) is 7.34. The number of nitrogens with one attached hydrogen (secondary N) is 2. The molecule has 4 rings (SSSR count). The quantitative estimate of drug-likeness (QED) is 0.403. The van der Waals surface area contributed by atoms with Crippen molar-refractivity contribution in [2.24, 2.45) is 5.92 Å². The van der Waals surface area contributed by atoms with Crippen molar-refractivity contribution in [1.82, 2.24) is 4.57 Å². The number of carbonyl (C=O) groups excluding carboxylic acids is 3. The molecule has 34 heavy (non-hydrogen) atoms. The van der Waals surface area contributed by atoms with E-state index in [0.29, 0.717) is 23.5 Å². The van der Waals surface area contributed by atoms with Gasteiger partial charge in [0.1, 0.15) is 5.82 Å². The summed E-state index contributed by atoms with van der Waals surface area (Å²) in [6, 6.07) is 15.7. The summed E-state index contributed by atoms with van der Waals surface area (Å²) in [5.41, 5.74) is 0.986. The van der Waals surface area contributed by atoms with E-state index in [-0.39, 0.29) is 23.1 Å². The highest BCUT2D eigenvalue weighted by Crippen LogP contribution is 2.29. The molecule has 2 N–H and O–H groups in total. The molecule has 10 heteroatoms. The van der Waals surface area contributed by atoms with Crippen LogP contribution in [0.25, 0.3) is 5.69 Å². The van der Waals surface area contributed by atoms with Gasteiger partial charge >= 0.3 is 5.97 Å². The Morgan fingerprint density at radius 1 is 1.06 bits per heavy atom. The lowest BCUT2D eigenvalue weighted by atomic mass is 10.2. The minimum Gasteiger partial charge on any atom is -0.469 e. The Morgan fingerprint density at radius 3 is 2.24 bits per heavy atom. The van der Waals surface area contributed by atoms with Crippen LogP contribution in [0.2, 0.25) is 5.02 Å². The number of nitrogens with zero attached hydrogens (tertiary/aromatic N) is 1. The Labute approximate surface area is 200 Å². The van der Waals surface area contributed by atoms with Gasteiger partial charge in [0.15, 0.2) is 0 Å². The zero-order valence-electron chi connectivity index (χ0n) is 18.2. The summed E-state index contributed by atoms with van der Waals surface area (Å²) >= 11 is 5.60. The predicted octanol–water partition coefficient (Wildman–Crippen LogP) is 4.02. The number of hydrogen-bond donors (Lipinski definition) is 2. The molecule has 1 fully saturated rings. The maximum absolute atomic E-state index is 13.5. The number of halogens is 2. The molecule has 1 aliphatic carbocycles. The number of methoxy groups -OCH3 is 1. The summed E-state index contributed by atoms with van der Waals surface area (Å²) in [5.74, 6) is -0.379. The molecule has 1 heterocycles. The maximum atomic E-state index is 13.5. The van der Waals surface area contributed by atoms with Gasteiger partial charge in [0, 0.05) is 29.0 Å². The maximum Gasteiger partial charge on any atom is 0.308 e. The first kappa shape index (κ1) is 26.3. The smallest absolute Gasteiger partial charge is 0.308 e. The predicted molar refractivity (Wildman–Crippen MR) is 128 cm³/mol. The van der Waals surface area contributed by atoms with Crippen LogP contribution >= 0.6 is 11.6 Å². The van der Waals surface area contributed by atoms with E-state index in [2.05, 4.69) is 15.4 Å². The Hall–Kier alpha value is -3.98. The van der Waals surface area contributed by atoms with Gasteiger partial charge in [0.2, 0.25) is 12.8 Å². The van der Waals surface area contributed by atoms with Crippen LogP contribution < -0.4 is 16.2 Å². The average Bonchev–Trinajstić information content (AvgIpc) is 3.69. The molecule has 0 spiro atoms. The van der Waals surface area contributed by atoms with E-state index >= 15 is 0 Å². The van der Waals surface area contributed by atoms with Gasteiger partial charge in [-0.25, -0.2) is 4.39 Å². The topological polar surface area (TPSA) is 106 Å². The second kappa shape index (κ2) is 13.5. The SMILES string of the molecule is COC(=O)C1CC1.O=CNc1ccc(-n2ccccc2=O)cc1F.O=CNc1ccc(Cl)cc1. The Bertz CT molecular complexity index is 1160. The van der Waals surface area contributed by atoms with Crippen molar-refractivity contribution >= 4 is 41.8 Å². The molecule has 1 aliphatic rings. The first-order valence-corrected chi connectivity index (χ1v) is 10.5. The number of aromatic nitrogens is 1. The van der Waals surface area contributed by atoms with Crippen molar-refractivity contribution in [3.05, 3.63) is 88.1 Å². The van der Waals surface area contributed by atoms with Crippen LogP contribution in [0.4, 0.5) is 15.8 Å². The van der Waals surface area contributed by atoms with Gasteiger partial charge in [-0.2, -0.15) is 0 Å². The third kappa shape index (κ3) is 8.51. The van der Waals surface area contributed by atoms with E-state index in [1.165, 1.54) is 29.9 Å². The number of hydrogen-bond acceptors (Lipinski definition) is 5. The van der Waals surface area contributed by atoms with Gasteiger partial charge in [-0.3, -0.25) is 23.7 Å². The fourth-order valence-electron chi connectivity index (χ4n) is 2.57. The van der Waals surface area contributed by atoms with Crippen molar-refractivity contribution in [2.45, 2.75) is 12.8 Å². The number of carbonyl (C=O) groups is 3.